The van der Waals surface area contributed by atoms with Gasteiger partial charge in [0.1, 0.15) is 0 Å². The Bertz CT molecular complexity index is 461. The lowest BCUT2D eigenvalue weighted by Crippen LogP contribution is -2.44. The van der Waals surface area contributed by atoms with Gasteiger partial charge in [-0.15, -0.1) is 0 Å². The van der Waals surface area contributed by atoms with Crippen LogP contribution < -0.4 is 10.6 Å². The molecule has 1 aromatic carbocycles. The van der Waals surface area contributed by atoms with Gasteiger partial charge in [-0.05, 0) is 79.3 Å². The predicted octanol–water partition coefficient (Wildman–Crippen LogP) is 3.48. The Labute approximate surface area is 132 Å². The Hall–Kier alpha value is -0.360. The molecule has 0 unspecified atom stereocenters. The Morgan fingerprint density at radius 3 is 2.74 bits per heavy atom. The molecule has 0 radical (unpaired) electrons. The fourth-order valence-electron chi connectivity index (χ4n) is 2.08. The number of hydrogen-bond acceptors (Lipinski definition) is 2. The molecule has 6 heteroatoms. The van der Waals surface area contributed by atoms with Gasteiger partial charge in [-0.3, -0.25) is 0 Å². The van der Waals surface area contributed by atoms with E-state index in [-0.39, 0.29) is 0 Å². The summed E-state index contributed by atoms with van der Waals surface area (Å²) in [4.78, 5) is 2.34. The van der Waals surface area contributed by atoms with Gasteiger partial charge >= 0.3 is 0 Å². The fourth-order valence-corrected chi connectivity index (χ4v) is 2.79. The van der Waals surface area contributed by atoms with Crippen LogP contribution in [0.4, 0.5) is 5.69 Å². The summed E-state index contributed by atoms with van der Waals surface area (Å²) in [6, 6.07) is 6.16. The SMILES string of the molecule is CN1CCC(NC(=S)Nc2ccc(Br)c(Cl)c2)CC1. The number of likely N-dealkylation sites (tertiary alicyclic amines) is 1. The monoisotopic (exact) mass is 361 g/mol. The summed E-state index contributed by atoms with van der Waals surface area (Å²) in [7, 11) is 2.15. The number of piperidine rings is 1. The van der Waals surface area contributed by atoms with Crippen LogP contribution in [-0.2, 0) is 0 Å². The van der Waals surface area contributed by atoms with Crippen molar-refractivity contribution in [3.8, 4) is 0 Å². The summed E-state index contributed by atoms with van der Waals surface area (Å²) < 4.78 is 0.883. The third-order valence-electron chi connectivity index (χ3n) is 3.23. The van der Waals surface area contributed by atoms with E-state index in [1.165, 1.54) is 0 Å². The van der Waals surface area contributed by atoms with E-state index in [2.05, 4.69) is 38.5 Å². The highest BCUT2D eigenvalue weighted by atomic mass is 79.9. The maximum atomic E-state index is 6.05. The van der Waals surface area contributed by atoms with Crippen molar-refractivity contribution in [1.29, 1.82) is 0 Å². The molecule has 0 atom stereocenters. The Morgan fingerprint density at radius 1 is 1.42 bits per heavy atom. The van der Waals surface area contributed by atoms with Gasteiger partial charge in [0.05, 0.1) is 5.02 Å². The first-order valence-corrected chi connectivity index (χ1v) is 7.83. The molecule has 1 saturated heterocycles. The van der Waals surface area contributed by atoms with Crippen molar-refractivity contribution in [1.82, 2.24) is 10.2 Å². The predicted molar refractivity (Wildman–Crippen MR) is 89.0 cm³/mol. The second-order valence-corrected chi connectivity index (χ2v) is 6.47. The van der Waals surface area contributed by atoms with Gasteiger partial charge < -0.3 is 15.5 Å². The summed E-state index contributed by atoms with van der Waals surface area (Å²) in [6.45, 7) is 2.23. The molecule has 3 nitrogen and oxygen atoms in total. The van der Waals surface area contributed by atoms with Crippen LogP contribution in [0, 0.1) is 0 Å². The minimum atomic E-state index is 0.460. The number of anilines is 1. The minimum absolute atomic E-state index is 0.460. The van der Waals surface area contributed by atoms with Crippen LogP contribution in [0.5, 0.6) is 0 Å². The molecule has 1 aromatic rings. The van der Waals surface area contributed by atoms with Crippen molar-refractivity contribution in [2.24, 2.45) is 0 Å². The summed E-state index contributed by atoms with van der Waals surface area (Å²) in [5.41, 5.74) is 0.902. The largest absolute Gasteiger partial charge is 0.360 e. The summed E-state index contributed by atoms with van der Waals surface area (Å²) >= 11 is 14.7. The van der Waals surface area contributed by atoms with E-state index in [9.17, 15) is 0 Å². The van der Waals surface area contributed by atoms with Crippen LogP contribution in [0.25, 0.3) is 0 Å². The van der Waals surface area contributed by atoms with E-state index in [4.69, 9.17) is 23.8 Å². The number of benzene rings is 1. The third kappa shape index (κ3) is 4.60. The zero-order chi connectivity index (χ0) is 13.8. The molecule has 104 valence electrons. The van der Waals surface area contributed by atoms with E-state index in [0.29, 0.717) is 16.2 Å². The van der Waals surface area contributed by atoms with Gasteiger partial charge in [-0.2, -0.15) is 0 Å². The average molecular weight is 363 g/mol. The van der Waals surface area contributed by atoms with Gasteiger partial charge in [-0.25, -0.2) is 0 Å². The topological polar surface area (TPSA) is 27.3 Å². The van der Waals surface area contributed by atoms with Crippen LogP contribution in [-0.4, -0.2) is 36.2 Å². The maximum Gasteiger partial charge on any atom is 0.170 e. The van der Waals surface area contributed by atoms with Gasteiger partial charge in [0.25, 0.3) is 0 Å². The molecule has 1 heterocycles. The van der Waals surface area contributed by atoms with E-state index >= 15 is 0 Å². The second-order valence-electron chi connectivity index (χ2n) is 4.80. The van der Waals surface area contributed by atoms with Gasteiger partial charge in [0, 0.05) is 16.2 Å². The molecule has 0 aliphatic carbocycles. The molecule has 2 rings (SSSR count). The molecular formula is C13H17BrClN3S. The molecule has 0 amide bonds. The van der Waals surface area contributed by atoms with E-state index in [1.807, 2.05) is 18.2 Å². The van der Waals surface area contributed by atoms with Crippen LogP contribution in [0.15, 0.2) is 22.7 Å². The van der Waals surface area contributed by atoms with Crippen molar-refractivity contribution in [2.75, 3.05) is 25.5 Å². The number of halogens is 2. The first-order valence-electron chi connectivity index (χ1n) is 6.25. The zero-order valence-corrected chi connectivity index (χ0v) is 13.9. The summed E-state index contributed by atoms with van der Waals surface area (Å²) in [5.74, 6) is 0. The summed E-state index contributed by atoms with van der Waals surface area (Å²) in [5, 5.41) is 7.86. The van der Waals surface area contributed by atoms with Crippen LogP contribution in [0.3, 0.4) is 0 Å². The van der Waals surface area contributed by atoms with E-state index in [0.717, 1.165) is 36.1 Å². The standard InChI is InChI=1S/C13H17BrClN3S/c1-18-6-4-9(5-7-18)16-13(19)17-10-2-3-11(14)12(15)8-10/h2-3,8-9H,4-7H2,1H3,(H2,16,17,19). The van der Waals surface area contributed by atoms with Crippen molar-refractivity contribution < 1.29 is 0 Å². The molecule has 0 saturated carbocycles. The number of rotatable bonds is 2. The first kappa shape index (κ1) is 15.0. The van der Waals surface area contributed by atoms with Gasteiger partial charge in [0.15, 0.2) is 5.11 Å². The van der Waals surface area contributed by atoms with Crippen molar-refractivity contribution in [2.45, 2.75) is 18.9 Å². The smallest absolute Gasteiger partial charge is 0.170 e. The molecule has 0 aromatic heterocycles. The highest BCUT2D eigenvalue weighted by molar-refractivity contribution is 9.10. The Morgan fingerprint density at radius 2 is 2.11 bits per heavy atom. The lowest BCUT2D eigenvalue weighted by Gasteiger charge is -2.30. The van der Waals surface area contributed by atoms with Crippen LogP contribution in [0.1, 0.15) is 12.8 Å². The molecule has 0 spiro atoms. The Balaban J connectivity index is 1.85. The molecule has 0 bridgehead atoms. The lowest BCUT2D eigenvalue weighted by molar-refractivity contribution is 0.247. The van der Waals surface area contributed by atoms with Gasteiger partial charge in [0.2, 0.25) is 0 Å². The average Bonchev–Trinajstić information content (AvgIpc) is 2.37. The maximum absolute atomic E-state index is 6.05. The van der Waals surface area contributed by atoms with Crippen molar-refractivity contribution in [3.63, 3.8) is 0 Å². The molecule has 1 aliphatic rings. The van der Waals surface area contributed by atoms with Crippen molar-refractivity contribution >= 4 is 50.5 Å². The molecule has 1 aliphatic heterocycles. The number of hydrogen-bond donors (Lipinski definition) is 2. The zero-order valence-electron chi connectivity index (χ0n) is 10.7. The quantitative estimate of drug-likeness (QED) is 0.788. The second kappa shape index (κ2) is 6.88. The fraction of sp³-hybridized carbons (Fsp3) is 0.462. The molecule has 1 fully saturated rings. The molecule has 19 heavy (non-hydrogen) atoms. The highest BCUT2D eigenvalue weighted by Crippen LogP contribution is 2.25. The van der Waals surface area contributed by atoms with Gasteiger partial charge in [-0.1, -0.05) is 11.6 Å². The Kier molecular flexibility index (Phi) is 5.45. The molecule has 2 N–H and O–H groups in total. The summed E-state index contributed by atoms with van der Waals surface area (Å²) in [6.07, 6.45) is 2.25. The number of nitrogens with one attached hydrogen (secondary N) is 2. The number of nitrogens with zero attached hydrogens (tertiary/aromatic N) is 1. The first-order chi connectivity index (χ1) is 9.04. The molecular weight excluding hydrogens is 346 g/mol. The van der Waals surface area contributed by atoms with Crippen LogP contribution in [0.2, 0.25) is 5.02 Å². The number of thiocarbonyl (C=S) groups is 1. The van der Waals surface area contributed by atoms with Crippen molar-refractivity contribution in [3.05, 3.63) is 27.7 Å². The van der Waals surface area contributed by atoms with E-state index in [1.54, 1.807) is 0 Å². The normalized spacial score (nSPS) is 17.2. The third-order valence-corrected chi connectivity index (χ3v) is 4.68. The van der Waals surface area contributed by atoms with E-state index < -0.39 is 0 Å². The minimum Gasteiger partial charge on any atom is -0.360 e. The highest BCUT2D eigenvalue weighted by Gasteiger charge is 2.17. The lowest BCUT2D eigenvalue weighted by atomic mass is 10.1. The van der Waals surface area contributed by atoms with Crippen LogP contribution >= 0.6 is 39.7 Å².